The molecule has 0 aromatic heterocycles. The average Bonchev–Trinajstić information content (AvgIpc) is 3.26. The summed E-state index contributed by atoms with van der Waals surface area (Å²) in [7, 11) is 4.20. The molecule has 46 heavy (non-hydrogen) atoms. The number of hydrogen-bond acceptors (Lipinski definition) is 11. The van der Waals surface area contributed by atoms with Crippen molar-refractivity contribution in [3.63, 3.8) is 0 Å². The molecule has 2 aromatic rings. The Morgan fingerprint density at radius 2 is 1.52 bits per heavy atom. The highest BCUT2D eigenvalue weighted by molar-refractivity contribution is 5.93. The quantitative estimate of drug-likeness (QED) is 0.395. The summed E-state index contributed by atoms with van der Waals surface area (Å²) in [6, 6.07) is 6.62. The van der Waals surface area contributed by atoms with E-state index in [2.05, 4.69) is 14.5 Å². The van der Waals surface area contributed by atoms with E-state index in [4.69, 9.17) is 28.4 Å². The van der Waals surface area contributed by atoms with Gasteiger partial charge in [0.05, 0.1) is 40.1 Å². The molecule has 2 aliphatic rings. The van der Waals surface area contributed by atoms with Gasteiger partial charge >= 0.3 is 18.3 Å². The van der Waals surface area contributed by atoms with Crippen molar-refractivity contribution in [1.82, 2.24) is 9.80 Å². The molecule has 0 amide bonds. The molecule has 14 heteroatoms. The standard InChI is InChI=1S/C32H41F3N2O9/c1-40-24-8-9-25(26(21-24)46-32(33,34)35)31(39)45-23-7-4-17-43-28-20-22(19-27(41-2)29(28)42-3)30(38)44-18-6-13-36-11-5-12-37(14-10-23)16-15-36/h8-9,19-21,23H,4-7,10-18H2,1-3H3. The first-order valence-electron chi connectivity index (χ1n) is 15.3. The van der Waals surface area contributed by atoms with Gasteiger partial charge in [0.1, 0.15) is 23.2 Å². The third-order valence-electron chi connectivity index (χ3n) is 7.82. The summed E-state index contributed by atoms with van der Waals surface area (Å²) >= 11 is 0. The van der Waals surface area contributed by atoms with Crippen molar-refractivity contribution in [1.29, 1.82) is 0 Å². The van der Waals surface area contributed by atoms with Gasteiger partial charge in [0.2, 0.25) is 5.75 Å². The van der Waals surface area contributed by atoms with Crippen LogP contribution in [0.1, 0.15) is 52.8 Å². The topological polar surface area (TPSA) is 105 Å². The molecule has 4 rings (SSSR count). The van der Waals surface area contributed by atoms with E-state index < -0.39 is 30.2 Å². The molecule has 0 spiro atoms. The fourth-order valence-electron chi connectivity index (χ4n) is 5.47. The Kier molecular flexibility index (Phi) is 12.6. The molecule has 0 radical (unpaired) electrons. The highest BCUT2D eigenvalue weighted by Gasteiger charge is 2.34. The van der Waals surface area contributed by atoms with E-state index in [0.29, 0.717) is 43.7 Å². The summed E-state index contributed by atoms with van der Waals surface area (Å²) < 4.78 is 76.9. The predicted octanol–water partition coefficient (Wildman–Crippen LogP) is 4.95. The Hall–Kier alpha value is -3.91. The lowest BCUT2D eigenvalue weighted by Gasteiger charge is -2.25. The molecule has 1 fully saturated rings. The Morgan fingerprint density at radius 3 is 2.22 bits per heavy atom. The highest BCUT2D eigenvalue weighted by Crippen LogP contribution is 2.39. The molecule has 0 N–H and O–H groups in total. The largest absolute Gasteiger partial charge is 0.573 e. The normalized spacial score (nSPS) is 21.7. The van der Waals surface area contributed by atoms with Gasteiger partial charge in [-0.15, -0.1) is 13.2 Å². The zero-order valence-corrected chi connectivity index (χ0v) is 26.4. The second kappa shape index (κ2) is 16.6. The maximum atomic E-state index is 13.3. The fourth-order valence-corrected chi connectivity index (χ4v) is 5.47. The molecule has 4 bridgehead atoms. The zero-order chi connectivity index (χ0) is 33.1. The van der Waals surface area contributed by atoms with Crippen LogP contribution in [0.15, 0.2) is 30.3 Å². The minimum atomic E-state index is -5.02. The molecular formula is C32H41F3N2O9. The number of halogens is 3. The number of cyclic esters (lactones) is 1. The van der Waals surface area contributed by atoms with Crippen molar-refractivity contribution in [2.24, 2.45) is 0 Å². The summed E-state index contributed by atoms with van der Waals surface area (Å²) in [5.74, 6) is -1.18. The van der Waals surface area contributed by atoms with Crippen molar-refractivity contribution >= 4 is 11.9 Å². The van der Waals surface area contributed by atoms with Gasteiger partial charge in [0.25, 0.3) is 0 Å². The highest BCUT2D eigenvalue weighted by atomic mass is 19.4. The summed E-state index contributed by atoms with van der Waals surface area (Å²) in [6.07, 6.45) is -2.79. The van der Waals surface area contributed by atoms with Gasteiger partial charge in [-0.2, -0.15) is 0 Å². The number of methoxy groups -OCH3 is 3. The van der Waals surface area contributed by atoms with Crippen LogP contribution in [0.4, 0.5) is 13.2 Å². The van der Waals surface area contributed by atoms with Crippen molar-refractivity contribution < 1.29 is 55.9 Å². The fraction of sp³-hybridized carbons (Fsp3) is 0.562. The summed E-state index contributed by atoms with van der Waals surface area (Å²) in [5.41, 5.74) is -0.116. The van der Waals surface area contributed by atoms with Crippen LogP contribution in [0.2, 0.25) is 0 Å². The Balaban J connectivity index is 1.55. The second-order valence-corrected chi connectivity index (χ2v) is 11.0. The molecule has 2 heterocycles. The van der Waals surface area contributed by atoms with Crippen molar-refractivity contribution in [2.75, 3.05) is 73.8 Å². The Bertz CT molecular complexity index is 1320. The number of benzene rings is 2. The number of carbonyl (C=O) groups is 2. The van der Waals surface area contributed by atoms with E-state index in [-0.39, 0.29) is 35.8 Å². The number of rotatable bonds is 6. The summed E-state index contributed by atoms with van der Waals surface area (Å²) in [4.78, 5) is 30.8. The predicted molar refractivity (Wildman–Crippen MR) is 160 cm³/mol. The van der Waals surface area contributed by atoms with E-state index in [1.54, 1.807) is 0 Å². The molecule has 254 valence electrons. The number of ether oxygens (including phenoxy) is 7. The van der Waals surface area contributed by atoms with Crippen LogP contribution in [0.5, 0.6) is 28.7 Å². The number of carbonyl (C=O) groups excluding carboxylic acids is 2. The van der Waals surface area contributed by atoms with E-state index >= 15 is 0 Å². The molecule has 2 aliphatic heterocycles. The van der Waals surface area contributed by atoms with Crippen LogP contribution in [-0.4, -0.2) is 108 Å². The molecule has 0 aliphatic carbocycles. The van der Waals surface area contributed by atoms with E-state index in [1.165, 1.54) is 45.6 Å². The summed E-state index contributed by atoms with van der Waals surface area (Å²) in [5, 5.41) is 0. The van der Waals surface area contributed by atoms with Crippen LogP contribution >= 0.6 is 0 Å². The van der Waals surface area contributed by atoms with Crippen LogP contribution in [0.25, 0.3) is 0 Å². The first-order chi connectivity index (χ1) is 22.1. The minimum absolute atomic E-state index is 0.0967. The maximum Gasteiger partial charge on any atom is 0.573 e. The average molecular weight is 655 g/mol. The number of alkyl halides is 3. The van der Waals surface area contributed by atoms with E-state index in [1.807, 2.05) is 0 Å². The van der Waals surface area contributed by atoms with Gasteiger partial charge in [-0.05, 0) is 69.5 Å². The van der Waals surface area contributed by atoms with Crippen molar-refractivity contribution in [2.45, 2.75) is 44.6 Å². The third kappa shape index (κ3) is 10.0. The molecule has 1 saturated heterocycles. The number of nitrogens with zero attached hydrogens (tertiary/aromatic N) is 2. The van der Waals surface area contributed by atoms with Crippen LogP contribution in [-0.2, 0) is 9.47 Å². The first-order valence-corrected chi connectivity index (χ1v) is 15.3. The molecular weight excluding hydrogens is 613 g/mol. The molecule has 3 unspecified atom stereocenters. The Labute approximate surface area is 266 Å². The number of hydrogen-bond donors (Lipinski definition) is 0. The lowest BCUT2D eigenvalue weighted by atomic mass is 10.1. The Morgan fingerprint density at radius 1 is 0.804 bits per heavy atom. The number of fused-ring (bicyclic) bond motifs is 5. The SMILES string of the molecule is COc1ccc(C(=O)OC2CCCOc3cc(cc(OC)c3OC)C(=O)OCCCN3CCCN(CC2)CC3)c(OC(F)(F)F)c1. The molecule has 3 atom stereocenters. The second-order valence-electron chi connectivity index (χ2n) is 11.0. The van der Waals surface area contributed by atoms with E-state index in [9.17, 15) is 22.8 Å². The van der Waals surface area contributed by atoms with E-state index in [0.717, 1.165) is 45.2 Å². The smallest absolute Gasteiger partial charge is 0.497 e. The van der Waals surface area contributed by atoms with Crippen molar-refractivity contribution in [3.05, 3.63) is 41.5 Å². The van der Waals surface area contributed by atoms with Gasteiger partial charge < -0.3 is 43.0 Å². The molecule has 0 saturated carbocycles. The van der Waals surface area contributed by atoms with Gasteiger partial charge in [0, 0.05) is 32.2 Å². The first kappa shape index (κ1) is 35.0. The lowest BCUT2D eigenvalue weighted by Crippen LogP contribution is -2.34. The van der Waals surface area contributed by atoms with Crippen LogP contribution in [0, 0.1) is 0 Å². The number of esters is 2. The lowest BCUT2D eigenvalue weighted by molar-refractivity contribution is -0.274. The minimum Gasteiger partial charge on any atom is -0.497 e. The molecule has 11 nitrogen and oxygen atoms in total. The summed E-state index contributed by atoms with van der Waals surface area (Å²) in [6.45, 7) is 5.21. The third-order valence-corrected chi connectivity index (χ3v) is 7.82. The zero-order valence-electron chi connectivity index (χ0n) is 26.4. The van der Waals surface area contributed by atoms with Crippen LogP contribution in [0.3, 0.4) is 0 Å². The van der Waals surface area contributed by atoms with Gasteiger partial charge in [-0.25, -0.2) is 9.59 Å². The van der Waals surface area contributed by atoms with Gasteiger partial charge in [0.15, 0.2) is 11.5 Å². The monoisotopic (exact) mass is 654 g/mol. The maximum absolute atomic E-state index is 13.3. The van der Waals surface area contributed by atoms with Gasteiger partial charge in [-0.1, -0.05) is 0 Å². The van der Waals surface area contributed by atoms with Gasteiger partial charge in [-0.3, -0.25) is 0 Å². The molecule has 2 aromatic carbocycles. The van der Waals surface area contributed by atoms with Crippen molar-refractivity contribution in [3.8, 4) is 28.7 Å². The van der Waals surface area contributed by atoms with Crippen LogP contribution < -0.4 is 23.7 Å².